The lowest BCUT2D eigenvalue weighted by atomic mass is 9.95. The summed E-state index contributed by atoms with van der Waals surface area (Å²) < 4.78 is 14.0. The Kier molecular flexibility index (Phi) is 40.6. The number of hydrogen-bond donors (Lipinski definition) is 0. The average molecular weight is 858 g/mol. The second-order valence-electron chi connectivity index (χ2n) is 19.0. The lowest BCUT2D eigenvalue weighted by Crippen LogP contribution is -2.28. The van der Waals surface area contributed by atoms with Gasteiger partial charge in [-0.2, -0.15) is 0 Å². The Bertz CT molecular complexity index is 1090. The van der Waals surface area contributed by atoms with Crippen LogP contribution in [-0.4, -0.2) is 59.2 Å². The van der Waals surface area contributed by atoms with Gasteiger partial charge in [0.15, 0.2) is 0 Å². The van der Waals surface area contributed by atoms with Gasteiger partial charge in [-0.25, -0.2) is 4.98 Å². The van der Waals surface area contributed by atoms with Crippen LogP contribution in [0.2, 0.25) is 0 Å². The third-order valence-corrected chi connectivity index (χ3v) is 13.1. The minimum absolute atomic E-state index is 0.00251. The van der Waals surface area contributed by atoms with Crippen molar-refractivity contribution in [2.24, 2.45) is 11.8 Å². The molecule has 0 saturated carbocycles. The van der Waals surface area contributed by atoms with E-state index in [0.717, 1.165) is 76.9 Å². The molecule has 1 heterocycles. The molecule has 0 fully saturated rings. The Morgan fingerprint density at radius 1 is 0.492 bits per heavy atom. The molecule has 0 aromatic carbocycles. The third-order valence-electron chi connectivity index (χ3n) is 13.1. The highest BCUT2D eigenvalue weighted by Crippen LogP contribution is 2.22. The Morgan fingerprint density at radius 3 is 1.21 bits per heavy atom. The first kappa shape index (κ1) is 57.1. The molecule has 0 aliphatic rings. The molecular formula is C54H103N3O4. The van der Waals surface area contributed by atoms with E-state index in [0.29, 0.717) is 37.9 Å². The average Bonchev–Trinajstić information content (AvgIpc) is 3.67. The van der Waals surface area contributed by atoms with E-state index in [1.807, 2.05) is 6.20 Å². The molecule has 1 aromatic rings. The van der Waals surface area contributed by atoms with Crippen LogP contribution < -0.4 is 0 Å². The molecular weight excluding hydrogens is 755 g/mol. The van der Waals surface area contributed by atoms with Crippen LogP contribution in [0.25, 0.3) is 0 Å². The summed E-state index contributed by atoms with van der Waals surface area (Å²) in [6, 6.07) is 0. The highest BCUT2D eigenvalue weighted by Gasteiger charge is 2.15. The molecule has 0 saturated heterocycles. The number of imidazole rings is 1. The highest BCUT2D eigenvalue weighted by molar-refractivity contribution is 5.69. The topological polar surface area (TPSA) is 73.7 Å². The van der Waals surface area contributed by atoms with Crippen LogP contribution in [-0.2, 0) is 25.6 Å². The summed E-state index contributed by atoms with van der Waals surface area (Å²) in [4.78, 5) is 32.6. The maximum atomic E-state index is 12.8. The van der Waals surface area contributed by atoms with Gasteiger partial charge in [-0.3, -0.25) is 9.59 Å². The lowest BCUT2D eigenvalue weighted by molar-refractivity contribution is -0.146. The number of hydrogen-bond acceptors (Lipinski definition) is 6. The maximum Gasteiger partial charge on any atom is 0.305 e. The minimum atomic E-state index is -0.00435. The van der Waals surface area contributed by atoms with Crippen molar-refractivity contribution in [1.82, 2.24) is 14.5 Å². The first-order valence-corrected chi connectivity index (χ1v) is 26.9. The molecule has 1 rings (SSSR count). The van der Waals surface area contributed by atoms with Crippen LogP contribution >= 0.6 is 0 Å². The maximum absolute atomic E-state index is 12.8. The number of ether oxygens (including phenoxy) is 2. The SMILES string of the molecule is CCCCCCCCCC(CCCCCC)COC(=O)CCCCCN(CCCCCC(=O)OCC(CCCCCCC)CCCCCCCCC)CCCn1ccnc1C. The van der Waals surface area contributed by atoms with E-state index in [-0.39, 0.29) is 11.9 Å². The Hall–Kier alpha value is -1.89. The molecule has 0 radical (unpaired) electrons. The Balaban J connectivity index is 2.44. The molecule has 0 amide bonds. The fraction of sp³-hybridized carbons (Fsp3) is 0.907. The monoisotopic (exact) mass is 858 g/mol. The first-order valence-electron chi connectivity index (χ1n) is 26.9. The molecule has 0 spiro atoms. The Labute approximate surface area is 379 Å². The largest absolute Gasteiger partial charge is 0.465 e. The molecule has 7 heteroatoms. The van der Waals surface area contributed by atoms with E-state index in [4.69, 9.17) is 9.47 Å². The number of rotatable bonds is 47. The fourth-order valence-electron chi connectivity index (χ4n) is 8.87. The summed E-state index contributed by atoms with van der Waals surface area (Å²) in [7, 11) is 0. The number of carbonyl (C=O) groups excluding carboxylic acids is 2. The first-order chi connectivity index (χ1) is 29.9. The van der Waals surface area contributed by atoms with Gasteiger partial charge in [0.1, 0.15) is 5.82 Å². The van der Waals surface area contributed by atoms with Crippen LogP contribution in [0.5, 0.6) is 0 Å². The lowest BCUT2D eigenvalue weighted by Gasteiger charge is -2.22. The highest BCUT2D eigenvalue weighted by atomic mass is 16.5. The van der Waals surface area contributed by atoms with Gasteiger partial charge in [-0.15, -0.1) is 0 Å². The number of nitrogens with zero attached hydrogens (tertiary/aromatic N) is 3. The van der Waals surface area contributed by atoms with E-state index in [9.17, 15) is 9.59 Å². The molecule has 2 atom stereocenters. The predicted molar refractivity (Wildman–Crippen MR) is 261 cm³/mol. The van der Waals surface area contributed by atoms with Gasteiger partial charge < -0.3 is 18.9 Å². The van der Waals surface area contributed by atoms with E-state index in [1.54, 1.807) is 0 Å². The number of aromatic nitrogens is 2. The van der Waals surface area contributed by atoms with Crippen molar-refractivity contribution in [2.75, 3.05) is 32.8 Å². The van der Waals surface area contributed by atoms with Crippen molar-refractivity contribution < 1.29 is 19.1 Å². The number of esters is 2. The molecule has 0 N–H and O–H groups in total. The minimum Gasteiger partial charge on any atom is -0.465 e. The van der Waals surface area contributed by atoms with Gasteiger partial charge >= 0.3 is 11.9 Å². The van der Waals surface area contributed by atoms with Gasteiger partial charge in [-0.1, -0.05) is 188 Å². The molecule has 0 aliphatic carbocycles. The summed E-state index contributed by atoms with van der Waals surface area (Å²) in [5.74, 6) is 2.11. The zero-order chi connectivity index (χ0) is 44.3. The van der Waals surface area contributed by atoms with Crippen molar-refractivity contribution in [3.63, 3.8) is 0 Å². The van der Waals surface area contributed by atoms with Crippen LogP contribution in [0.1, 0.15) is 265 Å². The van der Waals surface area contributed by atoms with Crippen molar-refractivity contribution in [3.05, 3.63) is 18.2 Å². The zero-order valence-electron chi connectivity index (χ0n) is 41.5. The summed E-state index contributed by atoms with van der Waals surface area (Å²) in [6.45, 7) is 16.5. The molecule has 0 bridgehead atoms. The summed E-state index contributed by atoms with van der Waals surface area (Å²) in [6.07, 6.45) is 47.4. The molecule has 0 aliphatic heterocycles. The molecule has 7 nitrogen and oxygen atoms in total. The van der Waals surface area contributed by atoms with E-state index in [2.05, 4.69) is 55.3 Å². The van der Waals surface area contributed by atoms with Gasteiger partial charge in [0.25, 0.3) is 0 Å². The van der Waals surface area contributed by atoms with Crippen LogP contribution in [0.3, 0.4) is 0 Å². The van der Waals surface area contributed by atoms with Gasteiger partial charge in [0.05, 0.1) is 13.2 Å². The second kappa shape index (κ2) is 43.4. The number of aryl methyl sites for hydroxylation is 2. The van der Waals surface area contributed by atoms with Crippen LogP contribution in [0.4, 0.5) is 0 Å². The third kappa shape index (κ3) is 36.2. The molecule has 2 unspecified atom stereocenters. The van der Waals surface area contributed by atoms with Crippen molar-refractivity contribution in [3.8, 4) is 0 Å². The van der Waals surface area contributed by atoms with Gasteiger partial charge in [-0.05, 0) is 96.2 Å². The van der Waals surface area contributed by atoms with Crippen molar-refractivity contribution >= 4 is 11.9 Å². The van der Waals surface area contributed by atoms with Crippen molar-refractivity contribution in [1.29, 1.82) is 0 Å². The summed E-state index contributed by atoms with van der Waals surface area (Å²) in [5, 5.41) is 0. The summed E-state index contributed by atoms with van der Waals surface area (Å²) in [5.41, 5.74) is 0. The van der Waals surface area contributed by atoms with Crippen LogP contribution in [0.15, 0.2) is 12.4 Å². The smallest absolute Gasteiger partial charge is 0.305 e. The van der Waals surface area contributed by atoms with E-state index < -0.39 is 0 Å². The molecule has 61 heavy (non-hydrogen) atoms. The van der Waals surface area contributed by atoms with Gasteiger partial charge in [0.2, 0.25) is 0 Å². The number of carbonyl (C=O) groups is 2. The standard InChI is InChI=1S/C54H103N3O4/c1-6-10-14-18-20-23-29-38-51(36-27-17-13-9-4)48-60-53(58)40-31-25-33-43-56(45-35-46-57-47-42-55-50(57)5)44-34-26-32-41-54(59)61-49-52(37-28-22-16-12-8-3)39-30-24-21-19-15-11-7-2/h42,47,51-52H,6-41,43-46,48-49H2,1-5H3. The summed E-state index contributed by atoms with van der Waals surface area (Å²) >= 11 is 0. The Morgan fingerprint density at radius 2 is 0.836 bits per heavy atom. The number of unbranched alkanes of at least 4 members (excludes halogenated alkanes) is 23. The second-order valence-corrected chi connectivity index (χ2v) is 19.0. The quantitative estimate of drug-likeness (QED) is 0.0480. The normalized spacial score (nSPS) is 12.6. The van der Waals surface area contributed by atoms with E-state index in [1.165, 1.54) is 173 Å². The van der Waals surface area contributed by atoms with Crippen molar-refractivity contribution in [2.45, 2.75) is 272 Å². The predicted octanol–water partition coefficient (Wildman–Crippen LogP) is 15.9. The molecule has 358 valence electrons. The van der Waals surface area contributed by atoms with Crippen LogP contribution in [0, 0.1) is 18.8 Å². The van der Waals surface area contributed by atoms with E-state index >= 15 is 0 Å². The molecule has 1 aromatic heterocycles. The zero-order valence-corrected chi connectivity index (χ0v) is 41.5. The van der Waals surface area contributed by atoms with Gasteiger partial charge in [0, 0.05) is 31.8 Å². The fourth-order valence-corrected chi connectivity index (χ4v) is 8.87.